The van der Waals surface area contributed by atoms with Crippen molar-refractivity contribution in [2.24, 2.45) is 5.92 Å². The Morgan fingerprint density at radius 3 is 3.06 bits per heavy atom. The van der Waals surface area contributed by atoms with Crippen molar-refractivity contribution in [3.63, 3.8) is 0 Å². The van der Waals surface area contributed by atoms with Gasteiger partial charge in [0, 0.05) is 6.54 Å². The molecule has 2 aromatic rings. The average molecular weight is 254 g/mol. The number of benzene rings is 1. The summed E-state index contributed by atoms with van der Waals surface area (Å²) in [7, 11) is 0. The molecule has 3 nitrogen and oxygen atoms in total. The van der Waals surface area contributed by atoms with Gasteiger partial charge < -0.3 is 5.32 Å². The van der Waals surface area contributed by atoms with Gasteiger partial charge >= 0.3 is 0 Å². The molecule has 1 aromatic heterocycles. The summed E-state index contributed by atoms with van der Waals surface area (Å²) in [6.07, 6.45) is 4.00. The number of nitrogens with zero attached hydrogens (tertiary/aromatic N) is 2. The zero-order valence-electron chi connectivity index (χ0n) is 8.74. The van der Waals surface area contributed by atoms with Gasteiger partial charge in [-0.1, -0.05) is 24.4 Å². The van der Waals surface area contributed by atoms with Crippen LogP contribution in [0.25, 0.3) is 11.0 Å². The zero-order valence-corrected chi connectivity index (χ0v) is 10.3. The lowest BCUT2D eigenvalue weighted by Crippen LogP contribution is -2.03. The van der Waals surface area contributed by atoms with E-state index in [1.165, 1.54) is 31.0 Å². The highest BCUT2D eigenvalue weighted by Crippen LogP contribution is 2.33. The number of hydrogen-bond acceptors (Lipinski definition) is 4. The largest absolute Gasteiger partial charge is 0.382 e. The van der Waals surface area contributed by atoms with E-state index in [4.69, 9.17) is 11.6 Å². The van der Waals surface area contributed by atoms with E-state index >= 15 is 0 Å². The molecule has 0 amide bonds. The second kappa shape index (κ2) is 4.18. The van der Waals surface area contributed by atoms with Gasteiger partial charge in [0.2, 0.25) is 0 Å². The molecule has 16 heavy (non-hydrogen) atoms. The minimum Gasteiger partial charge on any atom is -0.382 e. The fourth-order valence-electron chi connectivity index (χ4n) is 1.80. The molecule has 1 aromatic carbocycles. The minimum absolute atomic E-state index is 0.732. The molecule has 0 bridgehead atoms. The van der Waals surface area contributed by atoms with Gasteiger partial charge in [0.25, 0.3) is 0 Å². The molecular formula is C11H12ClN3S. The third-order valence-electron chi connectivity index (χ3n) is 2.93. The molecule has 0 aliphatic heterocycles. The number of anilines is 1. The number of fused-ring (bicyclic) bond motifs is 1. The number of hydrogen-bond donors (Lipinski definition) is 1. The highest BCUT2D eigenvalue weighted by molar-refractivity contribution is 7.00. The van der Waals surface area contributed by atoms with Crippen molar-refractivity contribution in [2.45, 2.75) is 19.3 Å². The lowest BCUT2D eigenvalue weighted by Gasteiger charge is -2.07. The van der Waals surface area contributed by atoms with Crippen LogP contribution in [0.2, 0.25) is 5.02 Å². The van der Waals surface area contributed by atoms with Crippen LogP contribution in [0.3, 0.4) is 0 Å². The Balaban J connectivity index is 1.82. The first kappa shape index (κ1) is 10.3. The number of rotatable bonds is 4. The van der Waals surface area contributed by atoms with Crippen molar-refractivity contribution in [2.75, 3.05) is 11.9 Å². The first-order chi connectivity index (χ1) is 7.84. The maximum atomic E-state index is 6.17. The van der Waals surface area contributed by atoms with Gasteiger partial charge in [-0.05, 0) is 24.5 Å². The summed E-state index contributed by atoms with van der Waals surface area (Å²) in [4.78, 5) is 0. The summed E-state index contributed by atoms with van der Waals surface area (Å²) in [6.45, 7) is 0.973. The summed E-state index contributed by atoms with van der Waals surface area (Å²) < 4.78 is 8.48. The second-order valence-corrected chi connectivity index (χ2v) is 5.15. The van der Waals surface area contributed by atoms with E-state index in [0.29, 0.717) is 0 Å². The summed E-state index contributed by atoms with van der Waals surface area (Å²) >= 11 is 7.39. The molecule has 0 spiro atoms. The fraction of sp³-hybridized carbons (Fsp3) is 0.455. The molecule has 0 atom stereocenters. The predicted molar refractivity (Wildman–Crippen MR) is 68.3 cm³/mol. The average Bonchev–Trinajstić information content (AvgIpc) is 2.97. The minimum atomic E-state index is 0.732. The lowest BCUT2D eigenvalue weighted by atomic mass is 10.2. The van der Waals surface area contributed by atoms with Gasteiger partial charge in [0.1, 0.15) is 11.0 Å². The van der Waals surface area contributed by atoms with Crippen LogP contribution in [-0.4, -0.2) is 15.3 Å². The van der Waals surface area contributed by atoms with Crippen molar-refractivity contribution < 1.29 is 0 Å². The molecule has 5 heteroatoms. The number of nitrogens with one attached hydrogen (secondary N) is 1. The summed E-state index contributed by atoms with van der Waals surface area (Å²) in [5, 5.41) is 4.12. The summed E-state index contributed by atoms with van der Waals surface area (Å²) in [5.74, 6) is 0.930. The van der Waals surface area contributed by atoms with Crippen LogP contribution in [0.1, 0.15) is 19.3 Å². The lowest BCUT2D eigenvalue weighted by molar-refractivity contribution is 0.761. The van der Waals surface area contributed by atoms with Crippen molar-refractivity contribution >= 4 is 40.0 Å². The highest BCUT2D eigenvalue weighted by atomic mass is 35.5. The van der Waals surface area contributed by atoms with Crippen LogP contribution in [0.15, 0.2) is 12.1 Å². The van der Waals surface area contributed by atoms with Gasteiger partial charge in [-0.15, -0.1) is 0 Å². The van der Waals surface area contributed by atoms with Gasteiger partial charge in [-0.25, -0.2) is 0 Å². The van der Waals surface area contributed by atoms with Gasteiger partial charge in [-0.3, -0.25) is 0 Å². The maximum absolute atomic E-state index is 6.17. The third-order valence-corrected chi connectivity index (χ3v) is 3.79. The molecule has 1 aliphatic rings. The second-order valence-electron chi connectivity index (χ2n) is 4.21. The van der Waals surface area contributed by atoms with Crippen molar-refractivity contribution in [1.82, 2.24) is 8.75 Å². The van der Waals surface area contributed by atoms with E-state index in [0.717, 1.165) is 34.2 Å². The molecule has 1 fully saturated rings. The van der Waals surface area contributed by atoms with E-state index in [-0.39, 0.29) is 0 Å². The van der Waals surface area contributed by atoms with E-state index in [1.807, 2.05) is 12.1 Å². The van der Waals surface area contributed by atoms with E-state index < -0.39 is 0 Å². The van der Waals surface area contributed by atoms with Crippen LogP contribution in [0.4, 0.5) is 5.69 Å². The smallest absolute Gasteiger partial charge is 0.129 e. The fourth-order valence-corrected chi connectivity index (χ4v) is 2.56. The molecule has 1 N–H and O–H groups in total. The molecule has 1 saturated carbocycles. The first-order valence-corrected chi connectivity index (χ1v) is 6.60. The molecule has 0 radical (unpaired) electrons. The molecule has 84 valence electrons. The molecule has 0 saturated heterocycles. The Bertz CT molecular complexity index is 507. The molecule has 1 aliphatic carbocycles. The molecule has 3 rings (SSSR count). The van der Waals surface area contributed by atoms with Gasteiger partial charge in [0.05, 0.1) is 22.4 Å². The first-order valence-electron chi connectivity index (χ1n) is 5.49. The number of aromatic nitrogens is 2. The predicted octanol–water partition coefficient (Wildman–Crippen LogP) is 3.56. The summed E-state index contributed by atoms with van der Waals surface area (Å²) in [5.41, 5.74) is 2.75. The molecule has 0 unspecified atom stereocenters. The highest BCUT2D eigenvalue weighted by Gasteiger charge is 2.20. The van der Waals surface area contributed by atoms with Gasteiger partial charge in [-0.2, -0.15) is 8.75 Å². The standard InChI is InChI=1S/C11H12ClN3S/c12-8-3-4-9-11(15-16-14-9)10(8)13-6-5-7-1-2-7/h3-4,7,13H,1-2,5-6H2. The third kappa shape index (κ3) is 1.99. The molecular weight excluding hydrogens is 242 g/mol. The van der Waals surface area contributed by atoms with E-state index in [2.05, 4.69) is 14.1 Å². The van der Waals surface area contributed by atoms with Gasteiger partial charge in [0.15, 0.2) is 0 Å². The Kier molecular flexibility index (Phi) is 2.69. The van der Waals surface area contributed by atoms with E-state index in [1.54, 1.807) is 0 Å². The summed E-state index contributed by atoms with van der Waals surface area (Å²) in [6, 6.07) is 3.79. The zero-order chi connectivity index (χ0) is 11.0. The van der Waals surface area contributed by atoms with E-state index in [9.17, 15) is 0 Å². The maximum Gasteiger partial charge on any atom is 0.129 e. The van der Waals surface area contributed by atoms with Crippen LogP contribution in [-0.2, 0) is 0 Å². The van der Waals surface area contributed by atoms with Crippen molar-refractivity contribution in [3.05, 3.63) is 17.2 Å². The molecule has 1 heterocycles. The van der Waals surface area contributed by atoms with Crippen LogP contribution >= 0.6 is 23.3 Å². The van der Waals surface area contributed by atoms with Crippen LogP contribution in [0.5, 0.6) is 0 Å². The topological polar surface area (TPSA) is 37.8 Å². The Hall–Kier alpha value is -0.870. The normalized spacial score (nSPS) is 15.6. The Morgan fingerprint density at radius 1 is 1.38 bits per heavy atom. The monoisotopic (exact) mass is 253 g/mol. The van der Waals surface area contributed by atoms with Crippen LogP contribution in [0, 0.1) is 5.92 Å². The van der Waals surface area contributed by atoms with Crippen molar-refractivity contribution in [1.29, 1.82) is 0 Å². The Labute approximate surface area is 103 Å². The number of halogens is 1. The quantitative estimate of drug-likeness (QED) is 0.906. The van der Waals surface area contributed by atoms with Crippen LogP contribution < -0.4 is 5.32 Å². The van der Waals surface area contributed by atoms with Crippen molar-refractivity contribution in [3.8, 4) is 0 Å². The SMILES string of the molecule is Clc1ccc2nsnc2c1NCCC1CC1. The Morgan fingerprint density at radius 2 is 2.25 bits per heavy atom.